The fraction of sp³-hybridized carbons (Fsp3) is 0.286. The highest BCUT2D eigenvalue weighted by Crippen LogP contribution is 2.52. The standard InChI is InChI=1S/C14H14O4/c1-9-5-4-6-10(7-9)11-8-14(11,12(15)17-2)13(16)18-3/h4-8H,1-3H3. The third-order valence-electron chi connectivity index (χ3n) is 3.05. The number of rotatable bonds is 3. The summed E-state index contributed by atoms with van der Waals surface area (Å²) in [5.41, 5.74) is 1.19. The molecule has 0 bridgehead atoms. The zero-order chi connectivity index (χ0) is 13.3. The van der Waals surface area contributed by atoms with Crippen LogP contribution in [-0.4, -0.2) is 26.2 Å². The number of benzene rings is 1. The molecule has 0 fully saturated rings. The third-order valence-corrected chi connectivity index (χ3v) is 3.05. The maximum Gasteiger partial charge on any atom is 0.331 e. The number of hydrogen-bond acceptors (Lipinski definition) is 4. The molecular weight excluding hydrogens is 232 g/mol. The summed E-state index contributed by atoms with van der Waals surface area (Å²) in [6, 6.07) is 7.60. The molecule has 0 atom stereocenters. The molecule has 0 amide bonds. The maximum atomic E-state index is 11.8. The number of esters is 2. The first-order valence-corrected chi connectivity index (χ1v) is 5.53. The average molecular weight is 246 g/mol. The van der Waals surface area contributed by atoms with Crippen molar-refractivity contribution in [3.05, 3.63) is 41.5 Å². The van der Waals surface area contributed by atoms with Gasteiger partial charge in [0.1, 0.15) is 0 Å². The van der Waals surface area contributed by atoms with Gasteiger partial charge in [-0.05, 0) is 24.1 Å². The first-order valence-electron chi connectivity index (χ1n) is 5.53. The first-order chi connectivity index (χ1) is 8.56. The van der Waals surface area contributed by atoms with E-state index in [-0.39, 0.29) is 0 Å². The van der Waals surface area contributed by atoms with Crippen molar-refractivity contribution in [2.24, 2.45) is 5.41 Å². The van der Waals surface area contributed by atoms with Gasteiger partial charge >= 0.3 is 11.9 Å². The summed E-state index contributed by atoms with van der Waals surface area (Å²) in [7, 11) is 2.51. The summed E-state index contributed by atoms with van der Waals surface area (Å²) in [6.45, 7) is 1.95. The second-order valence-corrected chi connectivity index (χ2v) is 4.22. The molecule has 0 saturated heterocycles. The van der Waals surface area contributed by atoms with Crippen LogP contribution in [0.3, 0.4) is 0 Å². The van der Waals surface area contributed by atoms with Gasteiger partial charge in [-0.2, -0.15) is 0 Å². The second kappa shape index (κ2) is 4.29. The van der Waals surface area contributed by atoms with Crippen LogP contribution in [0.2, 0.25) is 0 Å². The lowest BCUT2D eigenvalue weighted by atomic mass is 9.96. The van der Waals surface area contributed by atoms with Gasteiger partial charge in [0.15, 0.2) is 0 Å². The van der Waals surface area contributed by atoms with Crippen molar-refractivity contribution in [3.8, 4) is 0 Å². The van der Waals surface area contributed by atoms with Crippen LogP contribution in [0.15, 0.2) is 30.3 Å². The van der Waals surface area contributed by atoms with Gasteiger partial charge in [-0.25, -0.2) is 0 Å². The number of methoxy groups -OCH3 is 2. The van der Waals surface area contributed by atoms with Crippen molar-refractivity contribution >= 4 is 17.5 Å². The summed E-state index contributed by atoms with van der Waals surface area (Å²) in [4.78, 5) is 23.6. The molecule has 1 aromatic carbocycles. The predicted molar refractivity (Wildman–Crippen MR) is 65.6 cm³/mol. The molecule has 94 valence electrons. The van der Waals surface area contributed by atoms with Crippen LogP contribution in [0, 0.1) is 12.3 Å². The lowest BCUT2D eigenvalue weighted by Crippen LogP contribution is -2.31. The predicted octanol–water partition coefficient (Wildman–Crippen LogP) is 1.72. The molecule has 0 spiro atoms. The Morgan fingerprint density at radius 1 is 1.11 bits per heavy atom. The van der Waals surface area contributed by atoms with Crippen LogP contribution in [0.4, 0.5) is 0 Å². The molecule has 0 aliphatic heterocycles. The maximum absolute atomic E-state index is 11.8. The van der Waals surface area contributed by atoms with Gasteiger partial charge in [0.2, 0.25) is 5.41 Å². The van der Waals surface area contributed by atoms with Crippen LogP contribution >= 0.6 is 0 Å². The van der Waals surface area contributed by atoms with Crippen molar-refractivity contribution in [3.63, 3.8) is 0 Å². The number of aryl methyl sites for hydroxylation is 1. The van der Waals surface area contributed by atoms with Crippen LogP contribution in [0.1, 0.15) is 11.1 Å². The Kier molecular flexibility index (Phi) is 2.95. The molecule has 0 saturated carbocycles. The normalized spacial score (nSPS) is 15.6. The van der Waals surface area contributed by atoms with Gasteiger partial charge in [-0.3, -0.25) is 9.59 Å². The molecule has 4 nitrogen and oxygen atoms in total. The third kappa shape index (κ3) is 1.70. The van der Waals surface area contributed by atoms with Gasteiger partial charge in [0, 0.05) is 0 Å². The van der Waals surface area contributed by atoms with Crippen molar-refractivity contribution < 1.29 is 19.1 Å². The molecule has 0 N–H and O–H groups in total. The zero-order valence-corrected chi connectivity index (χ0v) is 10.5. The second-order valence-electron chi connectivity index (χ2n) is 4.22. The largest absolute Gasteiger partial charge is 0.468 e. The molecule has 0 unspecified atom stereocenters. The van der Waals surface area contributed by atoms with Crippen molar-refractivity contribution in [2.45, 2.75) is 6.92 Å². The number of carbonyl (C=O) groups excluding carboxylic acids is 2. The molecule has 0 aromatic heterocycles. The Morgan fingerprint density at radius 2 is 1.72 bits per heavy atom. The van der Waals surface area contributed by atoms with E-state index in [1.165, 1.54) is 14.2 Å². The minimum atomic E-state index is -1.35. The highest BCUT2D eigenvalue weighted by atomic mass is 16.5. The molecule has 1 aromatic rings. The number of carbonyl (C=O) groups is 2. The van der Waals surface area contributed by atoms with E-state index in [0.717, 1.165) is 11.1 Å². The Labute approximate surface area is 105 Å². The molecule has 1 aliphatic carbocycles. The minimum absolute atomic E-state index is 0.606. The summed E-state index contributed by atoms with van der Waals surface area (Å²) < 4.78 is 9.38. The Bertz CT molecular complexity index is 526. The fourth-order valence-electron chi connectivity index (χ4n) is 2.05. The van der Waals surface area contributed by atoms with Gasteiger partial charge < -0.3 is 9.47 Å². The Morgan fingerprint density at radius 3 is 2.22 bits per heavy atom. The molecule has 18 heavy (non-hydrogen) atoms. The topological polar surface area (TPSA) is 52.6 Å². The van der Waals surface area contributed by atoms with Crippen LogP contribution < -0.4 is 0 Å². The lowest BCUT2D eigenvalue weighted by molar-refractivity contribution is -0.158. The number of hydrogen-bond donors (Lipinski definition) is 0. The molecular formula is C14H14O4. The molecule has 2 rings (SSSR count). The summed E-state index contributed by atoms with van der Waals surface area (Å²) in [5, 5.41) is 0. The van der Waals surface area contributed by atoms with Gasteiger partial charge in [0.05, 0.1) is 14.2 Å². The van der Waals surface area contributed by atoms with Gasteiger partial charge in [-0.15, -0.1) is 0 Å². The lowest BCUT2D eigenvalue weighted by Gasteiger charge is -2.13. The van der Waals surface area contributed by atoms with Crippen LogP contribution in [-0.2, 0) is 19.1 Å². The van der Waals surface area contributed by atoms with Crippen LogP contribution in [0.5, 0.6) is 0 Å². The van der Waals surface area contributed by atoms with E-state index >= 15 is 0 Å². The van der Waals surface area contributed by atoms with E-state index in [2.05, 4.69) is 0 Å². The van der Waals surface area contributed by atoms with Gasteiger partial charge in [0.25, 0.3) is 0 Å². The summed E-state index contributed by atoms with van der Waals surface area (Å²) >= 11 is 0. The fourth-order valence-corrected chi connectivity index (χ4v) is 2.05. The first kappa shape index (κ1) is 12.4. The summed E-state index contributed by atoms with van der Waals surface area (Å²) in [5.74, 6) is -1.21. The molecule has 0 radical (unpaired) electrons. The summed E-state index contributed by atoms with van der Waals surface area (Å²) in [6.07, 6.45) is 1.58. The molecule has 0 heterocycles. The Hall–Kier alpha value is -2.10. The van der Waals surface area contributed by atoms with E-state index in [0.29, 0.717) is 5.57 Å². The zero-order valence-electron chi connectivity index (χ0n) is 10.5. The van der Waals surface area contributed by atoms with E-state index < -0.39 is 17.4 Å². The minimum Gasteiger partial charge on any atom is -0.468 e. The number of ether oxygens (including phenoxy) is 2. The van der Waals surface area contributed by atoms with Gasteiger partial charge in [-0.1, -0.05) is 29.8 Å². The van der Waals surface area contributed by atoms with E-state index in [4.69, 9.17) is 9.47 Å². The quantitative estimate of drug-likeness (QED) is 0.602. The average Bonchev–Trinajstić information content (AvgIpc) is 3.13. The SMILES string of the molecule is COC(=O)C1(C(=O)OC)C=C1c1cccc(C)c1. The Balaban J connectivity index is 2.35. The monoisotopic (exact) mass is 246 g/mol. The highest BCUT2D eigenvalue weighted by Gasteiger charge is 2.60. The smallest absolute Gasteiger partial charge is 0.331 e. The van der Waals surface area contributed by atoms with Crippen molar-refractivity contribution in [1.82, 2.24) is 0 Å². The van der Waals surface area contributed by atoms with E-state index in [1.807, 2.05) is 31.2 Å². The van der Waals surface area contributed by atoms with E-state index in [1.54, 1.807) is 6.08 Å². The highest BCUT2D eigenvalue weighted by molar-refractivity contribution is 6.22. The van der Waals surface area contributed by atoms with Crippen molar-refractivity contribution in [1.29, 1.82) is 0 Å². The molecule has 4 heteroatoms. The van der Waals surface area contributed by atoms with Crippen molar-refractivity contribution in [2.75, 3.05) is 14.2 Å². The van der Waals surface area contributed by atoms with Crippen LogP contribution in [0.25, 0.3) is 5.57 Å². The molecule has 1 aliphatic rings. The van der Waals surface area contributed by atoms with E-state index in [9.17, 15) is 9.59 Å².